The summed E-state index contributed by atoms with van der Waals surface area (Å²) < 4.78 is 2.38. The fraction of sp³-hybridized carbons (Fsp3) is 0. The normalized spacial score (nSPS) is 11.2. The quantitative estimate of drug-likeness (QED) is 0.152. The zero-order valence-electron chi connectivity index (χ0n) is 30.8. The number of hydrogen-bond donors (Lipinski definition) is 0. The molecule has 0 aliphatic heterocycles. The predicted molar refractivity (Wildman–Crippen MR) is 237 cm³/mol. The molecular weight excluding hydrogens is 677 g/mol. The van der Waals surface area contributed by atoms with Gasteiger partial charge in [-0.15, -0.1) is 0 Å². The molecule has 0 unspecified atom stereocenters. The third-order valence-electron chi connectivity index (χ3n) is 10.8. The number of nitrogens with zero attached hydrogens (tertiary/aromatic N) is 2. The van der Waals surface area contributed by atoms with Gasteiger partial charge in [0.15, 0.2) is 0 Å². The van der Waals surface area contributed by atoms with Crippen LogP contribution in [0.3, 0.4) is 0 Å². The summed E-state index contributed by atoms with van der Waals surface area (Å²) in [5.74, 6) is 0. The molecule has 0 saturated heterocycles. The molecule has 0 radical (unpaired) electrons. The van der Waals surface area contributed by atoms with Crippen LogP contribution < -0.4 is 4.90 Å². The van der Waals surface area contributed by atoms with Crippen LogP contribution >= 0.6 is 0 Å². The van der Waals surface area contributed by atoms with Gasteiger partial charge < -0.3 is 9.47 Å². The van der Waals surface area contributed by atoms with Crippen molar-refractivity contribution in [3.05, 3.63) is 231 Å². The molecule has 0 N–H and O–H groups in total. The van der Waals surface area contributed by atoms with E-state index in [1.165, 1.54) is 49.6 Å². The molecule has 0 aliphatic carbocycles. The van der Waals surface area contributed by atoms with Crippen LogP contribution in [0, 0.1) is 0 Å². The molecular formula is C54H38N2. The molecule has 2 heteroatoms. The van der Waals surface area contributed by atoms with E-state index < -0.39 is 0 Å². The average molecular weight is 715 g/mol. The summed E-state index contributed by atoms with van der Waals surface area (Å²) in [4.78, 5) is 2.43. The highest BCUT2D eigenvalue weighted by Gasteiger charge is 2.22. The Kier molecular flexibility index (Phi) is 8.55. The first-order valence-corrected chi connectivity index (χ1v) is 19.2. The molecule has 0 spiro atoms. The first-order valence-electron chi connectivity index (χ1n) is 19.2. The van der Waals surface area contributed by atoms with Crippen molar-refractivity contribution in [3.63, 3.8) is 0 Å². The van der Waals surface area contributed by atoms with Gasteiger partial charge in [-0.1, -0.05) is 176 Å². The van der Waals surface area contributed by atoms with Crippen molar-refractivity contribution in [1.82, 2.24) is 4.57 Å². The second-order valence-electron chi connectivity index (χ2n) is 14.1. The van der Waals surface area contributed by atoms with Crippen molar-refractivity contribution in [2.75, 3.05) is 4.90 Å². The van der Waals surface area contributed by atoms with Crippen LogP contribution in [0.1, 0.15) is 0 Å². The van der Waals surface area contributed by atoms with Crippen molar-refractivity contribution < 1.29 is 0 Å². The zero-order valence-corrected chi connectivity index (χ0v) is 30.8. The predicted octanol–water partition coefficient (Wildman–Crippen LogP) is 14.9. The Bertz CT molecular complexity index is 2870. The summed E-state index contributed by atoms with van der Waals surface area (Å²) in [5.41, 5.74) is 16.2. The van der Waals surface area contributed by atoms with Crippen molar-refractivity contribution >= 4 is 38.9 Å². The molecule has 0 bridgehead atoms. The maximum Gasteiger partial charge on any atom is 0.0541 e. The molecule has 0 fully saturated rings. The van der Waals surface area contributed by atoms with Gasteiger partial charge in [-0.3, -0.25) is 0 Å². The van der Waals surface area contributed by atoms with Crippen LogP contribution in [0.15, 0.2) is 231 Å². The van der Waals surface area contributed by atoms with Gasteiger partial charge in [-0.2, -0.15) is 0 Å². The standard InChI is InChI=1S/C54H38N2/c1-4-16-39(17-5-1)41-28-33-45(34-29-41)55(54-37-32-44(40-18-6-2-7-19-40)38-50(54)42-20-8-3-9-21-42)51-25-13-10-22-47(51)43-30-35-46(36-31-43)56-52-26-14-11-23-48(52)49-24-12-15-27-53(49)56/h1-38H. The SMILES string of the molecule is c1ccc(-c2ccc(N(c3ccccc3-c3ccc(-n4c5ccccc5c5ccccc54)cc3)c3ccc(-c4ccccc4)cc3-c3ccccc3)cc2)cc1. The third kappa shape index (κ3) is 6.04. The minimum absolute atomic E-state index is 1.09. The lowest BCUT2D eigenvalue weighted by molar-refractivity contribution is 1.18. The molecule has 10 rings (SSSR count). The highest BCUT2D eigenvalue weighted by atomic mass is 15.1. The van der Waals surface area contributed by atoms with E-state index in [1.54, 1.807) is 0 Å². The minimum atomic E-state index is 1.09. The topological polar surface area (TPSA) is 8.17 Å². The summed E-state index contributed by atoms with van der Waals surface area (Å²) in [5, 5.41) is 2.53. The number of anilines is 3. The molecule has 264 valence electrons. The smallest absolute Gasteiger partial charge is 0.0541 e. The molecule has 0 atom stereocenters. The molecule has 0 saturated carbocycles. The number of rotatable bonds is 8. The van der Waals surface area contributed by atoms with Crippen LogP contribution in [0.4, 0.5) is 17.1 Å². The maximum absolute atomic E-state index is 2.43. The van der Waals surface area contributed by atoms with E-state index in [0.29, 0.717) is 0 Å². The van der Waals surface area contributed by atoms with E-state index >= 15 is 0 Å². The number of aromatic nitrogens is 1. The Morgan fingerprint density at radius 3 is 1.34 bits per heavy atom. The second-order valence-corrected chi connectivity index (χ2v) is 14.1. The summed E-state index contributed by atoms with van der Waals surface area (Å²) >= 11 is 0. The molecule has 0 amide bonds. The van der Waals surface area contributed by atoms with Crippen LogP contribution in [-0.4, -0.2) is 4.57 Å². The highest BCUT2D eigenvalue weighted by Crippen LogP contribution is 2.46. The van der Waals surface area contributed by atoms with E-state index in [2.05, 4.69) is 240 Å². The first-order chi connectivity index (χ1) is 27.8. The molecule has 1 aromatic heterocycles. The molecule has 56 heavy (non-hydrogen) atoms. The lowest BCUT2D eigenvalue weighted by atomic mass is 9.95. The van der Waals surface area contributed by atoms with E-state index in [4.69, 9.17) is 0 Å². The number of fused-ring (bicyclic) bond motifs is 3. The van der Waals surface area contributed by atoms with E-state index in [0.717, 1.165) is 39.4 Å². The Labute approximate surface area is 327 Å². The fourth-order valence-electron chi connectivity index (χ4n) is 8.14. The highest BCUT2D eigenvalue weighted by molar-refractivity contribution is 6.09. The average Bonchev–Trinajstić information content (AvgIpc) is 3.62. The van der Waals surface area contributed by atoms with Crippen LogP contribution in [0.5, 0.6) is 0 Å². The summed E-state index contributed by atoms with van der Waals surface area (Å²) in [6.07, 6.45) is 0. The number of benzene rings is 9. The van der Waals surface area contributed by atoms with Gasteiger partial charge in [0.1, 0.15) is 0 Å². The van der Waals surface area contributed by atoms with Gasteiger partial charge >= 0.3 is 0 Å². The number of para-hydroxylation sites is 3. The van der Waals surface area contributed by atoms with Crippen LogP contribution in [0.2, 0.25) is 0 Å². The maximum atomic E-state index is 2.43. The lowest BCUT2D eigenvalue weighted by Gasteiger charge is -2.30. The Hall–Kier alpha value is -7.42. The number of hydrogen-bond acceptors (Lipinski definition) is 1. The van der Waals surface area contributed by atoms with E-state index in [-0.39, 0.29) is 0 Å². The second kappa shape index (κ2) is 14.4. The van der Waals surface area contributed by atoms with Crippen molar-refractivity contribution in [1.29, 1.82) is 0 Å². The van der Waals surface area contributed by atoms with Crippen molar-refractivity contribution in [2.45, 2.75) is 0 Å². The molecule has 2 nitrogen and oxygen atoms in total. The lowest BCUT2D eigenvalue weighted by Crippen LogP contribution is -2.12. The van der Waals surface area contributed by atoms with Crippen LogP contribution in [-0.2, 0) is 0 Å². The van der Waals surface area contributed by atoms with Crippen molar-refractivity contribution in [2.24, 2.45) is 0 Å². The molecule has 1 heterocycles. The Balaban J connectivity index is 1.14. The van der Waals surface area contributed by atoms with Gasteiger partial charge in [0.05, 0.1) is 22.4 Å². The van der Waals surface area contributed by atoms with Gasteiger partial charge in [0.2, 0.25) is 0 Å². The first kappa shape index (κ1) is 33.2. The van der Waals surface area contributed by atoms with Gasteiger partial charge in [0.25, 0.3) is 0 Å². The zero-order chi connectivity index (χ0) is 37.3. The fourth-order valence-corrected chi connectivity index (χ4v) is 8.14. The van der Waals surface area contributed by atoms with E-state index in [9.17, 15) is 0 Å². The third-order valence-corrected chi connectivity index (χ3v) is 10.8. The Morgan fingerprint density at radius 2 is 0.714 bits per heavy atom. The summed E-state index contributed by atoms with van der Waals surface area (Å²) in [6, 6.07) is 83.1. The molecule has 10 aromatic rings. The monoisotopic (exact) mass is 714 g/mol. The summed E-state index contributed by atoms with van der Waals surface area (Å²) in [6.45, 7) is 0. The molecule has 0 aliphatic rings. The largest absolute Gasteiger partial charge is 0.309 e. The van der Waals surface area contributed by atoms with E-state index in [1.807, 2.05) is 0 Å². The Morgan fingerprint density at radius 1 is 0.286 bits per heavy atom. The van der Waals surface area contributed by atoms with Gasteiger partial charge in [-0.05, 0) is 88.0 Å². The molecule has 9 aromatic carbocycles. The van der Waals surface area contributed by atoms with Crippen molar-refractivity contribution in [3.8, 4) is 50.2 Å². The summed E-state index contributed by atoms with van der Waals surface area (Å²) in [7, 11) is 0. The van der Waals surface area contributed by atoms with Gasteiger partial charge in [0, 0.05) is 33.3 Å². The van der Waals surface area contributed by atoms with Gasteiger partial charge in [-0.25, -0.2) is 0 Å². The van der Waals surface area contributed by atoms with Crippen LogP contribution in [0.25, 0.3) is 72.0 Å². The minimum Gasteiger partial charge on any atom is -0.309 e.